The van der Waals surface area contributed by atoms with Crippen LogP contribution in [0.2, 0.25) is 0 Å². The molecule has 0 aromatic carbocycles. The average Bonchev–Trinajstić information content (AvgIpc) is 2.16. The molecule has 0 aliphatic heterocycles. The van der Waals surface area contributed by atoms with Gasteiger partial charge in [0, 0.05) is 18.6 Å². The van der Waals surface area contributed by atoms with Gasteiger partial charge in [0.1, 0.15) is 0 Å². The lowest BCUT2D eigenvalue weighted by molar-refractivity contribution is 0.141. The molecule has 0 radical (unpaired) electrons. The van der Waals surface area contributed by atoms with Crippen LogP contribution in [0.25, 0.3) is 0 Å². The fraction of sp³-hybridized carbons (Fsp3) is 1.00. The first-order chi connectivity index (χ1) is 6.65. The molecular formula is C12H26N2. The van der Waals surface area contributed by atoms with Gasteiger partial charge in [0.2, 0.25) is 0 Å². The summed E-state index contributed by atoms with van der Waals surface area (Å²) >= 11 is 0. The third-order valence-electron chi connectivity index (χ3n) is 3.32. The minimum Gasteiger partial charge on any atom is -0.315 e. The van der Waals surface area contributed by atoms with E-state index in [9.17, 15) is 0 Å². The second-order valence-corrected chi connectivity index (χ2v) is 5.08. The van der Waals surface area contributed by atoms with E-state index >= 15 is 0 Å². The summed E-state index contributed by atoms with van der Waals surface area (Å²) in [5, 5.41) is 3.47. The van der Waals surface area contributed by atoms with Crippen LogP contribution in [0.3, 0.4) is 0 Å². The van der Waals surface area contributed by atoms with Crippen molar-refractivity contribution in [1.82, 2.24) is 10.2 Å². The minimum atomic E-state index is 0.715. The molecule has 0 spiro atoms. The van der Waals surface area contributed by atoms with Crippen LogP contribution < -0.4 is 5.32 Å². The normalized spacial score (nSPS) is 28.7. The van der Waals surface area contributed by atoms with Crippen LogP contribution in [0, 0.1) is 5.92 Å². The average molecular weight is 198 g/mol. The van der Waals surface area contributed by atoms with Crippen LogP contribution in [-0.2, 0) is 0 Å². The Kier molecular flexibility index (Phi) is 4.90. The molecule has 1 N–H and O–H groups in total. The molecule has 2 unspecified atom stereocenters. The van der Waals surface area contributed by atoms with Gasteiger partial charge in [0.05, 0.1) is 0 Å². The van der Waals surface area contributed by atoms with Gasteiger partial charge in [-0.25, -0.2) is 0 Å². The largest absolute Gasteiger partial charge is 0.315 e. The highest BCUT2D eigenvalue weighted by Crippen LogP contribution is 2.22. The van der Waals surface area contributed by atoms with Gasteiger partial charge in [0.15, 0.2) is 0 Å². The highest BCUT2D eigenvalue weighted by molar-refractivity contribution is 4.86. The SMILES string of the molecule is CNC1CCCCC1N(C)CC(C)C. The zero-order chi connectivity index (χ0) is 10.6. The van der Waals surface area contributed by atoms with Crippen molar-refractivity contribution in [3.63, 3.8) is 0 Å². The summed E-state index contributed by atoms with van der Waals surface area (Å²) in [6.07, 6.45) is 5.53. The molecule has 0 amide bonds. The summed E-state index contributed by atoms with van der Waals surface area (Å²) in [5.41, 5.74) is 0. The van der Waals surface area contributed by atoms with Crippen LogP contribution in [0.5, 0.6) is 0 Å². The number of hydrogen-bond acceptors (Lipinski definition) is 2. The van der Waals surface area contributed by atoms with Gasteiger partial charge >= 0.3 is 0 Å². The third-order valence-corrected chi connectivity index (χ3v) is 3.32. The molecule has 2 atom stereocenters. The summed E-state index contributed by atoms with van der Waals surface area (Å²) in [7, 11) is 4.38. The summed E-state index contributed by atoms with van der Waals surface area (Å²) < 4.78 is 0. The number of hydrogen-bond donors (Lipinski definition) is 1. The van der Waals surface area contributed by atoms with Gasteiger partial charge in [-0.3, -0.25) is 0 Å². The lowest BCUT2D eigenvalue weighted by atomic mass is 9.89. The summed E-state index contributed by atoms with van der Waals surface area (Å²) in [4.78, 5) is 2.55. The predicted octanol–water partition coefficient (Wildman–Crippen LogP) is 2.10. The lowest BCUT2D eigenvalue weighted by Crippen LogP contribution is -2.50. The van der Waals surface area contributed by atoms with Gasteiger partial charge in [-0.15, -0.1) is 0 Å². The second-order valence-electron chi connectivity index (χ2n) is 5.08. The lowest BCUT2D eigenvalue weighted by Gasteiger charge is -2.38. The molecule has 1 aliphatic rings. The number of nitrogens with zero attached hydrogens (tertiary/aromatic N) is 1. The van der Waals surface area contributed by atoms with E-state index < -0.39 is 0 Å². The molecule has 84 valence electrons. The Bertz CT molecular complexity index is 156. The zero-order valence-electron chi connectivity index (χ0n) is 10.2. The van der Waals surface area contributed by atoms with E-state index in [0.717, 1.165) is 12.0 Å². The zero-order valence-corrected chi connectivity index (χ0v) is 10.2. The Balaban J connectivity index is 2.45. The monoisotopic (exact) mass is 198 g/mol. The first kappa shape index (κ1) is 12.0. The van der Waals surface area contributed by atoms with Crippen LogP contribution >= 0.6 is 0 Å². The summed E-state index contributed by atoms with van der Waals surface area (Å²) in [6.45, 7) is 5.82. The highest BCUT2D eigenvalue weighted by Gasteiger charge is 2.26. The molecule has 0 heterocycles. The third kappa shape index (κ3) is 3.25. The Labute approximate surface area is 89.1 Å². The predicted molar refractivity (Wildman–Crippen MR) is 62.6 cm³/mol. The standard InChI is InChI=1S/C12H26N2/c1-10(2)9-14(4)12-8-6-5-7-11(12)13-3/h10-13H,5-9H2,1-4H3. The van der Waals surface area contributed by atoms with Gasteiger partial charge in [-0.05, 0) is 32.9 Å². The first-order valence-electron chi connectivity index (χ1n) is 6.02. The maximum absolute atomic E-state index is 3.47. The first-order valence-corrected chi connectivity index (χ1v) is 6.02. The number of rotatable bonds is 4. The Morgan fingerprint density at radius 1 is 1.29 bits per heavy atom. The van der Waals surface area contributed by atoms with E-state index in [2.05, 4.69) is 38.2 Å². The quantitative estimate of drug-likeness (QED) is 0.744. The molecule has 1 fully saturated rings. The van der Waals surface area contributed by atoms with E-state index in [-0.39, 0.29) is 0 Å². The maximum Gasteiger partial charge on any atom is 0.0246 e. The van der Waals surface area contributed by atoms with E-state index in [0.29, 0.717) is 6.04 Å². The molecule has 0 bridgehead atoms. The van der Waals surface area contributed by atoms with Crippen molar-refractivity contribution in [3.05, 3.63) is 0 Å². The highest BCUT2D eigenvalue weighted by atomic mass is 15.2. The van der Waals surface area contributed by atoms with E-state index in [1.54, 1.807) is 0 Å². The smallest absolute Gasteiger partial charge is 0.0246 e. The van der Waals surface area contributed by atoms with Crippen molar-refractivity contribution in [2.24, 2.45) is 5.92 Å². The van der Waals surface area contributed by atoms with Crippen molar-refractivity contribution in [2.75, 3.05) is 20.6 Å². The van der Waals surface area contributed by atoms with Crippen LogP contribution in [0.15, 0.2) is 0 Å². The molecule has 2 nitrogen and oxygen atoms in total. The van der Waals surface area contributed by atoms with E-state index in [1.165, 1.54) is 32.2 Å². The molecular weight excluding hydrogens is 172 g/mol. The molecule has 1 saturated carbocycles. The van der Waals surface area contributed by atoms with Gasteiger partial charge < -0.3 is 10.2 Å². The topological polar surface area (TPSA) is 15.3 Å². The number of nitrogens with one attached hydrogen (secondary N) is 1. The van der Waals surface area contributed by atoms with Gasteiger partial charge in [-0.1, -0.05) is 26.7 Å². The van der Waals surface area contributed by atoms with Crippen molar-refractivity contribution in [3.8, 4) is 0 Å². The van der Waals surface area contributed by atoms with Gasteiger partial charge in [0.25, 0.3) is 0 Å². The Morgan fingerprint density at radius 3 is 2.50 bits per heavy atom. The Hall–Kier alpha value is -0.0800. The summed E-state index contributed by atoms with van der Waals surface area (Å²) in [6, 6.07) is 1.48. The van der Waals surface area contributed by atoms with Crippen LogP contribution in [-0.4, -0.2) is 37.6 Å². The van der Waals surface area contributed by atoms with E-state index in [4.69, 9.17) is 0 Å². The van der Waals surface area contributed by atoms with Crippen LogP contribution in [0.4, 0.5) is 0 Å². The van der Waals surface area contributed by atoms with E-state index in [1.807, 2.05) is 0 Å². The molecule has 2 heteroatoms. The van der Waals surface area contributed by atoms with Crippen molar-refractivity contribution in [1.29, 1.82) is 0 Å². The summed E-state index contributed by atoms with van der Waals surface area (Å²) in [5.74, 6) is 0.777. The van der Waals surface area contributed by atoms with Crippen molar-refractivity contribution >= 4 is 0 Å². The molecule has 0 saturated heterocycles. The Morgan fingerprint density at radius 2 is 1.93 bits per heavy atom. The molecule has 0 aromatic rings. The molecule has 1 rings (SSSR count). The molecule has 14 heavy (non-hydrogen) atoms. The second kappa shape index (κ2) is 5.72. The van der Waals surface area contributed by atoms with Crippen molar-refractivity contribution in [2.45, 2.75) is 51.6 Å². The molecule has 1 aliphatic carbocycles. The fourth-order valence-electron chi connectivity index (χ4n) is 2.69. The number of likely N-dealkylation sites (N-methyl/N-ethyl adjacent to an activating group) is 2. The molecule has 0 aromatic heterocycles. The minimum absolute atomic E-state index is 0.715. The van der Waals surface area contributed by atoms with Crippen molar-refractivity contribution < 1.29 is 0 Å². The fourth-order valence-corrected chi connectivity index (χ4v) is 2.69. The van der Waals surface area contributed by atoms with Crippen LogP contribution in [0.1, 0.15) is 39.5 Å². The maximum atomic E-state index is 3.47. The van der Waals surface area contributed by atoms with Gasteiger partial charge in [-0.2, -0.15) is 0 Å².